The van der Waals surface area contributed by atoms with Crippen LogP contribution in [0.4, 0.5) is 0 Å². The lowest BCUT2D eigenvalue weighted by atomic mass is 10.6. The molecule has 0 radical (unpaired) electrons. The molecule has 0 aliphatic rings. The van der Waals surface area contributed by atoms with Crippen molar-refractivity contribution in [3.8, 4) is 0 Å². The van der Waals surface area contributed by atoms with E-state index in [4.69, 9.17) is 0 Å². The van der Waals surface area contributed by atoms with Crippen LogP contribution < -0.4 is 0 Å². The molecule has 0 saturated heterocycles. The number of allylic oxidation sites excluding steroid dienone is 1. The summed E-state index contributed by atoms with van der Waals surface area (Å²) in [5, 5.41) is 0. The molecule has 0 fully saturated rings. The van der Waals surface area contributed by atoms with Crippen LogP contribution in [0.15, 0.2) is 19.8 Å². The molecular weight excluding hydrogens is 227 g/mol. The van der Waals surface area contributed by atoms with Crippen molar-refractivity contribution in [2.24, 2.45) is 9.98 Å². The molecule has 9 heavy (non-hydrogen) atoms. The quantitative estimate of drug-likeness (QED) is 0.379. The molecule has 0 heterocycles. The lowest BCUT2D eigenvalue weighted by Gasteiger charge is -1.84. The second kappa shape index (κ2) is 4.67. The van der Waals surface area contributed by atoms with Crippen LogP contribution >= 0.6 is 22.6 Å². The van der Waals surface area contributed by atoms with Gasteiger partial charge in [0.25, 0.3) is 0 Å². The smallest absolute Gasteiger partial charge is 0.124 e. The minimum absolute atomic E-state index is 0.700. The summed E-state index contributed by atoms with van der Waals surface area (Å²) in [6.45, 7) is 7.11. The Balaban J connectivity index is 3.98. The van der Waals surface area contributed by atoms with Crippen LogP contribution in [0.2, 0.25) is 0 Å². The third kappa shape index (κ3) is 5.68. The van der Waals surface area contributed by atoms with Gasteiger partial charge >= 0.3 is 0 Å². The van der Waals surface area contributed by atoms with Crippen LogP contribution in [0.25, 0.3) is 0 Å². The summed E-state index contributed by atoms with van der Waals surface area (Å²) >= 11 is 2.18. The van der Waals surface area contributed by atoms with Gasteiger partial charge in [0.15, 0.2) is 0 Å². The van der Waals surface area contributed by atoms with E-state index in [1.165, 1.54) is 0 Å². The summed E-state index contributed by atoms with van der Waals surface area (Å²) in [6, 6.07) is 0. The fourth-order valence-electron chi connectivity index (χ4n) is 0.223. The minimum Gasteiger partial charge on any atom is -0.250 e. The van der Waals surface area contributed by atoms with E-state index in [1.807, 2.05) is 13.8 Å². The fourth-order valence-corrected chi connectivity index (χ4v) is 0.362. The third-order valence-corrected chi connectivity index (χ3v) is 0.937. The van der Waals surface area contributed by atoms with Gasteiger partial charge < -0.3 is 0 Å². The number of nitrogens with zero attached hydrogens (tertiary/aromatic N) is 2. The molecule has 0 aliphatic carbocycles. The van der Waals surface area contributed by atoms with E-state index in [1.54, 1.807) is 6.20 Å². The maximum Gasteiger partial charge on any atom is 0.124 e. The molecule has 0 atom stereocenters. The van der Waals surface area contributed by atoms with Crippen molar-refractivity contribution in [1.82, 2.24) is 0 Å². The Labute approximate surface area is 68.9 Å². The minimum atomic E-state index is 0.700. The second-order valence-electron chi connectivity index (χ2n) is 1.55. The van der Waals surface area contributed by atoms with Gasteiger partial charge in [-0.3, -0.25) is 0 Å². The van der Waals surface area contributed by atoms with Crippen LogP contribution in [0.3, 0.4) is 0 Å². The molecule has 50 valence electrons. The lowest BCUT2D eigenvalue weighted by Crippen LogP contribution is -1.79. The fraction of sp³-hybridized carbons (Fsp3) is 0.333. The predicted octanol–water partition coefficient (Wildman–Crippen LogP) is 2.40. The molecule has 0 unspecified atom stereocenters. The Hall–Kier alpha value is -0.190. The number of aliphatic imine (C=N–C) groups is 2. The Bertz CT molecular complexity index is 154. The SMILES string of the molecule is C=N/C(C)=N\C=C(/C)I. The molecule has 0 aromatic carbocycles. The van der Waals surface area contributed by atoms with Crippen molar-refractivity contribution >= 4 is 35.1 Å². The highest BCUT2D eigenvalue weighted by Gasteiger charge is 1.78. The van der Waals surface area contributed by atoms with Crippen LogP contribution in [-0.4, -0.2) is 12.6 Å². The normalized spacial score (nSPS) is 13.7. The zero-order chi connectivity index (χ0) is 7.28. The summed E-state index contributed by atoms with van der Waals surface area (Å²) in [5.74, 6) is 0.700. The van der Waals surface area contributed by atoms with Crippen molar-refractivity contribution < 1.29 is 0 Å². The summed E-state index contributed by atoms with van der Waals surface area (Å²) in [4.78, 5) is 7.57. The number of halogens is 1. The Morgan fingerprint density at radius 2 is 2.11 bits per heavy atom. The average Bonchev–Trinajstić information content (AvgIpc) is 1.83. The molecule has 0 bridgehead atoms. The van der Waals surface area contributed by atoms with Crippen molar-refractivity contribution in [2.45, 2.75) is 13.8 Å². The Morgan fingerprint density at radius 1 is 1.56 bits per heavy atom. The number of rotatable bonds is 1. The van der Waals surface area contributed by atoms with Gasteiger partial charge in [0.1, 0.15) is 5.84 Å². The molecule has 0 amide bonds. The van der Waals surface area contributed by atoms with Gasteiger partial charge in [-0.1, -0.05) is 0 Å². The third-order valence-electron chi connectivity index (χ3n) is 0.658. The van der Waals surface area contributed by atoms with E-state index in [0.29, 0.717) is 5.84 Å². The predicted molar refractivity (Wildman–Crippen MR) is 50.4 cm³/mol. The second-order valence-corrected chi connectivity index (χ2v) is 3.25. The first-order chi connectivity index (χ1) is 4.16. The molecular formula is C6H9IN2. The van der Waals surface area contributed by atoms with E-state index < -0.39 is 0 Å². The highest BCUT2D eigenvalue weighted by molar-refractivity contribution is 14.1. The number of hydrogen-bond acceptors (Lipinski definition) is 1. The molecule has 0 aliphatic heterocycles. The van der Waals surface area contributed by atoms with Crippen LogP contribution in [0.1, 0.15) is 13.8 Å². The summed E-state index contributed by atoms with van der Waals surface area (Å²) in [5.41, 5.74) is 0. The zero-order valence-corrected chi connectivity index (χ0v) is 7.71. The summed E-state index contributed by atoms with van der Waals surface area (Å²) < 4.78 is 1.13. The lowest BCUT2D eigenvalue weighted by molar-refractivity contribution is 1.45. The van der Waals surface area contributed by atoms with Gasteiger partial charge in [-0.25, -0.2) is 9.98 Å². The molecule has 0 aromatic heterocycles. The maximum atomic E-state index is 3.96. The Morgan fingerprint density at radius 3 is 2.44 bits per heavy atom. The first kappa shape index (κ1) is 8.81. The molecule has 0 saturated carbocycles. The molecule has 0 spiro atoms. The Kier molecular flexibility index (Phi) is 4.57. The standard InChI is InChI=1S/C6H9IN2/c1-5(7)4-9-6(2)8-3/h4H,3H2,1-2H3/b5-4+,9-6-. The highest BCUT2D eigenvalue weighted by Crippen LogP contribution is 2.02. The number of amidine groups is 1. The monoisotopic (exact) mass is 236 g/mol. The summed E-state index contributed by atoms with van der Waals surface area (Å²) in [6.07, 6.45) is 1.75. The highest BCUT2D eigenvalue weighted by atomic mass is 127. The topological polar surface area (TPSA) is 24.7 Å². The molecule has 3 heteroatoms. The molecule has 0 rings (SSSR count). The van der Waals surface area contributed by atoms with Gasteiger partial charge in [0.2, 0.25) is 0 Å². The number of hydrogen-bond donors (Lipinski definition) is 0. The molecule has 0 aromatic rings. The largest absolute Gasteiger partial charge is 0.250 e. The first-order valence-electron chi connectivity index (χ1n) is 2.50. The average molecular weight is 236 g/mol. The van der Waals surface area contributed by atoms with Crippen LogP contribution in [0, 0.1) is 0 Å². The van der Waals surface area contributed by atoms with Crippen molar-refractivity contribution in [3.05, 3.63) is 9.78 Å². The van der Waals surface area contributed by atoms with Gasteiger partial charge in [0.05, 0.1) is 0 Å². The van der Waals surface area contributed by atoms with Gasteiger partial charge in [-0.05, 0) is 43.2 Å². The van der Waals surface area contributed by atoms with Crippen molar-refractivity contribution in [2.75, 3.05) is 0 Å². The van der Waals surface area contributed by atoms with E-state index in [0.717, 1.165) is 3.58 Å². The first-order valence-corrected chi connectivity index (χ1v) is 3.58. The van der Waals surface area contributed by atoms with Crippen LogP contribution in [0.5, 0.6) is 0 Å². The van der Waals surface area contributed by atoms with E-state index in [9.17, 15) is 0 Å². The van der Waals surface area contributed by atoms with Crippen molar-refractivity contribution in [1.29, 1.82) is 0 Å². The van der Waals surface area contributed by atoms with Gasteiger partial charge in [0, 0.05) is 9.78 Å². The zero-order valence-electron chi connectivity index (χ0n) is 5.56. The maximum absolute atomic E-state index is 3.96. The van der Waals surface area contributed by atoms with Gasteiger partial charge in [-0.15, -0.1) is 0 Å². The summed E-state index contributed by atoms with van der Waals surface area (Å²) in [7, 11) is 0. The molecule has 2 nitrogen and oxygen atoms in total. The molecule has 0 N–H and O–H groups in total. The van der Waals surface area contributed by atoms with E-state index >= 15 is 0 Å². The van der Waals surface area contributed by atoms with E-state index in [-0.39, 0.29) is 0 Å². The van der Waals surface area contributed by atoms with E-state index in [2.05, 4.69) is 39.3 Å². The van der Waals surface area contributed by atoms with Gasteiger partial charge in [-0.2, -0.15) is 0 Å². The van der Waals surface area contributed by atoms with Crippen LogP contribution in [-0.2, 0) is 0 Å². The van der Waals surface area contributed by atoms with Crippen molar-refractivity contribution in [3.63, 3.8) is 0 Å².